The fourth-order valence-electron chi connectivity index (χ4n) is 2.45. The summed E-state index contributed by atoms with van der Waals surface area (Å²) in [5.74, 6) is 1.24. The average molecular weight is 347 g/mol. The average Bonchev–Trinajstić information content (AvgIpc) is 2.34. The molecule has 0 aliphatic carbocycles. The smallest absolute Gasteiger partial charge is 0.0449 e. The molecule has 0 heterocycles. The van der Waals surface area contributed by atoms with Crippen LogP contribution in [0.1, 0.15) is 39.7 Å². The summed E-state index contributed by atoms with van der Waals surface area (Å²) in [6.07, 6.45) is 2.20. The van der Waals surface area contributed by atoms with Gasteiger partial charge in [0.15, 0.2) is 0 Å². The highest BCUT2D eigenvalue weighted by atomic mass is 79.9. The number of halogens is 2. The molecule has 1 nitrogen and oxygen atoms in total. The van der Waals surface area contributed by atoms with Gasteiger partial charge in [-0.25, -0.2) is 0 Å². The first-order valence-corrected chi connectivity index (χ1v) is 8.30. The molecule has 1 aromatic rings. The van der Waals surface area contributed by atoms with E-state index in [-0.39, 0.29) is 0 Å². The molecule has 0 saturated carbocycles. The summed E-state index contributed by atoms with van der Waals surface area (Å²) in [6.45, 7) is 10.2. The molecule has 2 atom stereocenters. The molecular weight excluding hydrogens is 322 g/mol. The van der Waals surface area contributed by atoms with E-state index in [0.29, 0.717) is 17.9 Å². The molecule has 0 amide bonds. The molecule has 1 N–H and O–H groups in total. The number of hydrogen-bond acceptors (Lipinski definition) is 1. The van der Waals surface area contributed by atoms with E-state index in [9.17, 15) is 0 Å². The van der Waals surface area contributed by atoms with Crippen molar-refractivity contribution in [2.75, 3.05) is 6.54 Å². The molecule has 0 aliphatic heterocycles. The third-order valence-electron chi connectivity index (χ3n) is 3.69. The van der Waals surface area contributed by atoms with Crippen LogP contribution in [-0.2, 0) is 6.42 Å². The van der Waals surface area contributed by atoms with Crippen molar-refractivity contribution in [3.8, 4) is 0 Å². The summed E-state index contributed by atoms with van der Waals surface area (Å²) in [6, 6.07) is 6.70. The minimum Gasteiger partial charge on any atom is -0.314 e. The Morgan fingerprint density at radius 2 is 1.95 bits per heavy atom. The zero-order valence-corrected chi connectivity index (χ0v) is 14.7. The van der Waals surface area contributed by atoms with Crippen molar-refractivity contribution in [2.45, 2.75) is 46.6 Å². The normalized spacial score (nSPS) is 14.7. The Morgan fingerprint density at radius 3 is 2.47 bits per heavy atom. The quantitative estimate of drug-likeness (QED) is 0.706. The summed E-state index contributed by atoms with van der Waals surface area (Å²) in [5, 5.41) is 4.48. The third kappa shape index (κ3) is 5.45. The van der Waals surface area contributed by atoms with Gasteiger partial charge in [0, 0.05) is 15.5 Å². The summed E-state index contributed by atoms with van der Waals surface area (Å²) in [5.41, 5.74) is 1.24. The number of hydrogen-bond donors (Lipinski definition) is 1. The fourth-order valence-corrected chi connectivity index (χ4v) is 3.20. The summed E-state index contributed by atoms with van der Waals surface area (Å²) < 4.78 is 1.04. The highest BCUT2D eigenvalue weighted by Gasteiger charge is 2.21. The Kier molecular flexibility index (Phi) is 7.41. The van der Waals surface area contributed by atoms with Crippen LogP contribution in [0.5, 0.6) is 0 Å². The molecular formula is C16H25BrClN. The first-order chi connectivity index (χ1) is 8.95. The monoisotopic (exact) mass is 345 g/mol. The van der Waals surface area contributed by atoms with E-state index in [0.717, 1.165) is 22.5 Å². The first kappa shape index (κ1) is 17.0. The van der Waals surface area contributed by atoms with E-state index in [1.807, 2.05) is 6.07 Å². The summed E-state index contributed by atoms with van der Waals surface area (Å²) >= 11 is 9.79. The van der Waals surface area contributed by atoms with Crippen LogP contribution in [0.25, 0.3) is 0 Å². The van der Waals surface area contributed by atoms with Gasteiger partial charge in [-0.3, -0.25) is 0 Å². The Labute approximate surface area is 131 Å². The second kappa shape index (κ2) is 8.28. The largest absolute Gasteiger partial charge is 0.314 e. The Balaban J connectivity index is 2.77. The lowest BCUT2D eigenvalue weighted by Gasteiger charge is -2.29. The molecule has 0 aromatic heterocycles. The van der Waals surface area contributed by atoms with Gasteiger partial charge in [0.05, 0.1) is 0 Å². The van der Waals surface area contributed by atoms with Crippen LogP contribution in [0.15, 0.2) is 22.7 Å². The van der Waals surface area contributed by atoms with Crippen molar-refractivity contribution in [2.24, 2.45) is 11.8 Å². The van der Waals surface area contributed by atoms with Crippen molar-refractivity contribution in [3.63, 3.8) is 0 Å². The number of nitrogens with one attached hydrogen (secondary N) is 1. The standard InChI is InChI=1S/C16H25BrClN/c1-5-8-19-12(4)15(11(2)3)9-13-6-7-14(17)10-16(13)18/h6-7,10-12,15,19H,5,8-9H2,1-4H3. The highest BCUT2D eigenvalue weighted by Crippen LogP contribution is 2.27. The highest BCUT2D eigenvalue weighted by molar-refractivity contribution is 9.10. The van der Waals surface area contributed by atoms with Gasteiger partial charge in [0.2, 0.25) is 0 Å². The van der Waals surface area contributed by atoms with Gasteiger partial charge in [-0.2, -0.15) is 0 Å². The van der Waals surface area contributed by atoms with E-state index in [2.05, 4.69) is 61.1 Å². The number of benzene rings is 1. The van der Waals surface area contributed by atoms with Crippen LogP contribution < -0.4 is 5.32 Å². The predicted molar refractivity (Wildman–Crippen MR) is 88.9 cm³/mol. The van der Waals surface area contributed by atoms with Gasteiger partial charge >= 0.3 is 0 Å². The lowest BCUT2D eigenvalue weighted by Crippen LogP contribution is -2.37. The molecule has 0 saturated heterocycles. The molecule has 3 heteroatoms. The predicted octanol–water partition coefficient (Wildman–Crippen LogP) is 5.31. The van der Waals surface area contributed by atoms with Gasteiger partial charge < -0.3 is 5.32 Å². The lowest BCUT2D eigenvalue weighted by atomic mass is 9.84. The molecule has 0 radical (unpaired) electrons. The molecule has 0 aliphatic rings. The molecule has 0 fully saturated rings. The van der Waals surface area contributed by atoms with Crippen LogP contribution in [0.2, 0.25) is 5.02 Å². The van der Waals surface area contributed by atoms with Gasteiger partial charge in [-0.1, -0.05) is 54.4 Å². The minimum absolute atomic E-state index is 0.514. The van der Waals surface area contributed by atoms with E-state index < -0.39 is 0 Å². The number of rotatable bonds is 7. The second-order valence-corrected chi connectivity index (χ2v) is 6.91. The fraction of sp³-hybridized carbons (Fsp3) is 0.625. The van der Waals surface area contributed by atoms with E-state index >= 15 is 0 Å². The van der Waals surface area contributed by atoms with E-state index in [1.54, 1.807) is 0 Å². The zero-order chi connectivity index (χ0) is 14.4. The van der Waals surface area contributed by atoms with Crippen LogP contribution in [0, 0.1) is 11.8 Å². The van der Waals surface area contributed by atoms with Gasteiger partial charge in [0.1, 0.15) is 0 Å². The molecule has 108 valence electrons. The maximum Gasteiger partial charge on any atom is 0.0449 e. The maximum absolute atomic E-state index is 6.34. The van der Waals surface area contributed by atoms with Crippen LogP contribution in [-0.4, -0.2) is 12.6 Å². The zero-order valence-electron chi connectivity index (χ0n) is 12.3. The van der Waals surface area contributed by atoms with Crippen molar-refractivity contribution in [3.05, 3.63) is 33.3 Å². The second-order valence-electron chi connectivity index (χ2n) is 5.59. The van der Waals surface area contributed by atoms with Crippen molar-refractivity contribution in [1.82, 2.24) is 5.32 Å². The van der Waals surface area contributed by atoms with Crippen molar-refractivity contribution >= 4 is 27.5 Å². The van der Waals surface area contributed by atoms with Crippen molar-refractivity contribution < 1.29 is 0 Å². The summed E-state index contributed by atoms with van der Waals surface area (Å²) in [4.78, 5) is 0. The Hall–Kier alpha value is -0.0500. The summed E-state index contributed by atoms with van der Waals surface area (Å²) in [7, 11) is 0. The molecule has 1 aromatic carbocycles. The molecule has 0 bridgehead atoms. The minimum atomic E-state index is 0.514. The SMILES string of the molecule is CCCNC(C)C(Cc1ccc(Br)cc1Cl)C(C)C. The van der Waals surface area contributed by atoms with Gasteiger partial charge in [-0.05, 0) is 55.8 Å². The topological polar surface area (TPSA) is 12.0 Å². The van der Waals surface area contributed by atoms with Crippen LogP contribution in [0.4, 0.5) is 0 Å². The van der Waals surface area contributed by atoms with Crippen LogP contribution in [0.3, 0.4) is 0 Å². The van der Waals surface area contributed by atoms with E-state index in [1.165, 1.54) is 12.0 Å². The maximum atomic E-state index is 6.34. The molecule has 0 spiro atoms. The first-order valence-electron chi connectivity index (χ1n) is 7.13. The van der Waals surface area contributed by atoms with Crippen molar-refractivity contribution in [1.29, 1.82) is 0 Å². The van der Waals surface area contributed by atoms with Gasteiger partial charge in [0.25, 0.3) is 0 Å². The third-order valence-corrected chi connectivity index (χ3v) is 4.53. The molecule has 2 unspecified atom stereocenters. The molecule has 19 heavy (non-hydrogen) atoms. The molecule has 1 rings (SSSR count). The Morgan fingerprint density at radius 1 is 1.26 bits per heavy atom. The Bertz CT molecular complexity index is 392. The van der Waals surface area contributed by atoms with E-state index in [4.69, 9.17) is 11.6 Å². The van der Waals surface area contributed by atoms with Gasteiger partial charge in [-0.15, -0.1) is 0 Å². The lowest BCUT2D eigenvalue weighted by molar-refractivity contribution is 0.289. The van der Waals surface area contributed by atoms with Crippen LogP contribution >= 0.6 is 27.5 Å².